The Kier molecular flexibility index (Phi) is 6.61. The summed E-state index contributed by atoms with van der Waals surface area (Å²) < 4.78 is 0. The summed E-state index contributed by atoms with van der Waals surface area (Å²) in [5, 5.41) is 14.7. The first-order chi connectivity index (χ1) is 8.58. The first-order valence-corrected chi connectivity index (χ1v) is 5.19. The fraction of sp³-hybridized carbons (Fsp3) is 0. The Balaban J connectivity index is 0.00000180. The van der Waals surface area contributed by atoms with E-state index in [1.54, 1.807) is 36.7 Å². The lowest BCUT2D eigenvalue weighted by Gasteiger charge is -2.05. The van der Waals surface area contributed by atoms with Gasteiger partial charge in [-0.05, 0) is 35.4 Å². The molecule has 0 atom stereocenters. The molecular formula is C12H14Cl2N6. The molecule has 0 aliphatic rings. The topological polar surface area (TPSA) is 126 Å². The number of hydrogen-bond acceptors (Lipinski definition) is 4. The van der Waals surface area contributed by atoms with Crippen LogP contribution >= 0.6 is 24.8 Å². The molecular weight excluding hydrogens is 299 g/mol. The van der Waals surface area contributed by atoms with Gasteiger partial charge in [0.05, 0.1) is 0 Å². The molecule has 0 fully saturated rings. The van der Waals surface area contributed by atoms with E-state index in [1.165, 1.54) is 0 Å². The molecule has 0 unspecified atom stereocenters. The van der Waals surface area contributed by atoms with Gasteiger partial charge in [0.1, 0.15) is 23.1 Å². The van der Waals surface area contributed by atoms with E-state index in [0.29, 0.717) is 11.4 Å². The number of nitrogens with one attached hydrogen (secondary N) is 2. The van der Waals surface area contributed by atoms with Crippen molar-refractivity contribution in [1.82, 2.24) is 9.97 Å². The van der Waals surface area contributed by atoms with E-state index in [9.17, 15) is 0 Å². The second-order valence-electron chi connectivity index (χ2n) is 3.69. The summed E-state index contributed by atoms with van der Waals surface area (Å²) in [4.78, 5) is 7.98. The third-order valence-corrected chi connectivity index (χ3v) is 2.41. The summed E-state index contributed by atoms with van der Waals surface area (Å²) in [6.07, 6.45) is 3.17. The van der Waals surface area contributed by atoms with Gasteiger partial charge in [-0.25, -0.2) is 0 Å². The predicted octanol–water partition coefficient (Wildman–Crippen LogP) is 1.56. The molecule has 8 heteroatoms. The molecule has 2 aromatic rings. The summed E-state index contributed by atoms with van der Waals surface area (Å²) in [6, 6.07) is 7.01. The molecule has 0 aliphatic heterocycles. The number of aromatic nitrogens is 2. The zero-order valence-corrected chi connectivity index (χ0v) is 12.0. The highest BCUT2D eigenvalue weighted by molar-refractivity contribution is 5.95. The fourth-order valence-corrected chi connectivity index (χ4v) is 1.51. The lowest BCUT2D eigenvalue weighted by molar-refractivity contribution is 1.24. The lowest BCUT2D eigenvalue weighted by Crippen LogP contribution is -2.13. The smallest absolute Gasteiger partial charge is 0.141 e. The number of halogens is 2. The molecule has 20 heavy (non-hydrogen) atoms. The van der Waals surface area contributed by atoms with Gasteiger partial charge < -0.3 is 11.5 Å². The lowest BCUT2D eigenvalue weighted by atomic mass is 10.1. The molecule has 0 bridgehead atoms. The maximum Gasteiger partial charge on any atom is 0.141 e. The van der Waals surface area contributed by atoms with Crippen LogP contribution in [0.1, 0.15) is 11.4 Å². The molecule has 0 amide bonds. The van der Waals surface area contributed by atoms with E-state index >= 15 is 0 Å². The molecule has 0 saturated heterocycles. The summed E-state index contributed by atoms with van der Waals surface area (Å²) in [6.45, 7) is 0. The van der Waals surface area contributed by atoms with Crippen LogP contribution in [0, 0.1) is 10.8 Å². The molecule has 2 rings (SSSR count). The van der Waals surface area contributed by atoms with Crippen LogP contribution in [0.2, 0.25) is 0 Å². The number of nitrogens with zero attached hydrogens (tertiary/aromatic N) is 2. The minimum atomic E-state index is -0.0855. The average molecular weight is 313 g/mol. The Bertz CT molecular complexity index is 573. The summed E-state index contributed by atoms with van der Waals surface area (Å²) in [7, 11) is 0. The van der Waals surface area contributed by atoms with Gasteiger partial charge in [0.25, 0.3) is 0 Å². The summed E-state index contributed by atoms with van der Waals surface area (Å²) in [5.41, 5.74) is 13.3. The highest BCUT2D eigenvalue weighted by Crippen LogP contribution is 2.19. The first kappa shape index (κ1) is 17.8. The van der Waals surface area contributed by atoms with Crippen molar-refractivity contribution < 1.29 is 0 Å². The molecule has 0 aliphatic carbocycles. The van der Waals surface area contributed by atoms with Crippen LogP contribution in [0.3, 0.4) is 0 Å². The molecule has 0 aromatic carbocycles. The van der Waals surface area contributed by atoms with Crippen LogP contribution in [0.4, 0.5) is 0 Å². The highest BCUT2D eigenvalue weighted by atomic mass is 35.5. The van der Waals surface area contributed by atoms with Crippen LogP contribution in [-0.2, 0) is 0 Å². The van der Waals surface area contributed by atoms with E-state index < -0.39 is 0 Å². The number of pyridine rings is 2. The maximum absolute atomic E-state index is 7.35. The quantitative estimate of drug-likeness (QED) is 0.506. The molecule has 106 valence electrons. The van der Waals surface area contributed by atoms with Gasteiger partial charge in [0, 0.05) is 12.4 Å². The second-order valence-corrected chi connectivity index (χ2v) is 3.69. The largest absolute Gasteiger partial charge is 0.382 e. The Hall–Kier alpha value is -2.18. The molecule has 2 heterocycles. The standard InChI is InChI=1S/C12H12N6.2ClH/c13-11(14)9-5-7(1-3-17-9)8-2-4-18-10(6-8)12(15)16;;/h1-6H,(H3,13,14)(H3,15,16);2*1H. The molecule has 6 N–H and O–H groups in total. The third-order valence-electron chi connectivity index (χ3n) is 2.41. The van der Waals surface area contributed by atoms with Crippen LogP contribution in [0.25, 0.3) is 11.1 Å². The first-order valence-electron chi connectivity index (χ1n) is 5.19. The number of nitrogen functional groups attached to an aromatic ring is 2. The van der Waals surface area contributed by atoms with Crippen molar-refractivity contribution in [3.8, 4) is 11.1 Å². The Morgan fingerprint density at radius 2 is 1.15 bits per heavy atom. The monoisotopic (exact) mass is 312 g/mol. The molecule has 0 spiro atoms. The van der Waals surface area contributed by atoms with Gasteiger partial charge in [-0.3, -0.25) is 20.8 Å². The van der Waals surface area contributed by atoms with Crippen LogP contribution in [-0.4, -0.2) is 21.6 Å². The average Bonchev–Trinajstić information content (AvgIpc) is 2.39. The van der Waals surface area contributed by atoms with Gasteiger partial charge in [-0.1, -0.05) is 0 Å². The summed E-state index contributed by atoms with van der Waals surface area (Å²) in [5.74, 6) is -0.171. The highest BCUT2D eigenvalue weighted by Gasteiger charge is 2.05. The zero-order chi connectivity index (χ0) is 13.1. The van der Waals surface area contributed by atoms with Gasteiger partial charge in [0.15, 0.2) is 0 Å². The van der Waals surface area contributed by atoms with Gasteiger partial charge in [-0.15, -0.1) is 24.8 Å². The van der Waals surface area contributed by atoms with Crippen molar-refractivity contribution in [2.24, 2.45) is 11.5 Å². The summed E-state index contributed by atoms with van der Waals surface area (Å²) >= 11 is 0. The van der Waals surface area contributed by atoms with Crippen LogP contribution in [0.15, 0.2) is 36.7 Å². The number of rotatable bonds is 3. The normalized spacial score (nSPS) is 9.00. The molecule has 2 aromatic heterocycles. The van der Waals surface area contributed by atoms with Gasteiger partial charge in [0.2, 0.25) is 0 Å². The number of amidine groups is 2. The van der Waals surface area contributed by atoms with Gasteiger partial charge >= 0.3 is 0 Å². The Morgan fingerprint density at radius 3 is 1.45 bits per heavy atom. The minimum absolute atomic E-state index is 0. The zero-order valence-electron chi connectivity index (χ0n) is 10.3. The van der Waals surface area contributed by atoms with Crippen LogP contribution in [0.5, 0.6) is 0 Å². The second kappa shape index (κ2) is 7.42. The van der Waals surface area contributed by atoms with E-state index in [-0.39, 0.29) is 36.5 Å². The molecule has 0 saturated carbocycles. The van der Waals surface area contributed by atoms with Gasteiger partial charge in [-0.2, -0.15) is 0 Å². The number of hydrogen-bond donors (Lipinski definition) is 4. The Labute approximate surface area is 128 Å². The molecule has 6 nitrogen and oxygen atoms in total. The van der Waals surface area contributed by atoms with Crippen molar-refractivity contribution in [2.75, 3.05) is 0 Å². The van der Waals surface area contributed by atoms with E-state index in [4.69, 9.17) is 22.3 Å². The van der Waals surface area contributed by atoms with E-state index in [0.717, 1.165) is 11.1 Å². The number of nitrogens with two attached hydrogens (primary N) is 2. The minimum Gasteiger partial charge on any atom is -0.382 e. The molecule has 0 radical (unpaired) electrons. The Morgan fingerprint density at radius 1 is 0.800 bits per heavy atom. The van der Waals surface area contributed by atoms with Crippen molar-refractivity contribution in [3.05, 3.63) is 48.0 Å². The van der Waals surface area contributed by atoms with Crippen molar-refractivity contribution >= 4 is 36.5 Å². The van der Waals surface area contributed by atoms with Crippen molar-refractivity contribution in [2.45, 2.75) is 0 Å². The van der Waals surface area contributed by atoms with Crippen molar-refractivity contribution in [3.63, 3.8) is 0 Å². The fourth-order valence-electron chi connectivity index (χ4n) is 1.51. The predicted molar refractivity (Wildman–Crippen MR) is 84.0 cm³/mol. The van der Waals surface area contributed by atoms with Crippen molar-refractivity contribution in [1.29, 1.82) is 10.8 Å². The van der Waals surface area contributed by atoms with Crippen LogP contribution < -0.4 is 11.5 Å². The maximum atomic E-state index is 7.35. The van der Waals surface area contributed by atoms with E-state index in [1.807, 2.05) is 0 Å². The third kappa shape index (κ3) is 3.91. The SMILES string of the molecule is Cl.Cl.N=C(N)c1cc(-c2ccnc(C(=N)N)c2)ccn1. The van der Waals surface area contributed by atoms with E-state index in [2.05, 4.69) is 9.97 Å².